The van der Waals surface area contributed by atoms with Crippen molar-refractivity contribution in [1.82, 2.24) is 4.90 Å². The molecule has 0 aromatic heterocycles. The quantitative estimate of drug-likeness (QED) is 0.349. The topological polar surface area (TPSA) is 68.3 Å². The molecule has 2 aromatic carbocycles. The zero-order valence-corrected chi connectivity index (χ0v) is 25.1. The van der Waals surface area contributed by atoms with Crippen molar-refractivity contribution >= 4 is 46.5 Å². The molecule has 3 atom stereocenters. The molecule has 7 nitrogen and oxygen atoms in total. The molecule has 0 saturated carbocycles. The van der Waals surface area contributed by atoms with E-state index in [9.17, 15) is 9.59 Å². The lowest BCUT2D eigenvalue weighted by molar-refractivity contribution is -0.136. The summed E-state index contributed by atoms with van der Waals surface area (Å²) in [5.41, 5.74) is 3.92. The molecule has 9 heteroatoms. The standard InChI is InChI=1S/C31H36Cl2N2O5/c1-18-14-24(32)28(25(33)15-18)39-22-12-13-34(17-22)20-8-6-19(7-9-20)23-16-21-10-11-26(27(23)29(36)38-5)35(21)30(37)40-31(2,3)4/h6-9,14-15,21-22,26H,10-13,16-17H2,1-5H3/t21-,22-,26+/m1/s1. The lowest BCUT2D eigenvalue weighted by atomic mass is 9.88. The molecular weight excluding hydrogens is 551 g/mol. The third-order valence-electron chi connectivity index (χ3n) is 7.76. The number of esters is 1. The van der Waals surface area contributed by atoms with Crippen molar-refractivity contribution in [1.29, 1.82) is 0 Å². The van der Waals surface area contributed by atoms with E-state index >= 15 is 0 Å². The van der Waals surface area contributed by atoms with Crippen LogP contribution in [-0.2, 0) is 14.3 Å². The minimum Gasteiger partial charge on any atom is -0.485 e. The van der Waals surface area contributed by atoms with Crippen LogP contribution in [0.15, 0.2) is 42.0 Å². The Hall–Kier alpha value is -2.90. The maximum atomic E-state index is 13.1. The molecule has 2 aromatic rings. The SMILES string of the molecule is COC(=O)C1=C(c2ccc(N3CC[C@@H](Oc4c(Cl)cc(C)cc4Cl)C3)cc2)C[C@H]2CC[C@@H]1N2C(=O)OC(C)(C)C. The van der Waals surface area contributed by atoms with Crippen molar-refractivity contribution in [2.75, 3.05) is 25.1 Å². The van der Waals surface area contributed by atoms with Gasteiger partial charge in [0.2, 0.25) is 0 Å². The first kappa shape index (κ1) is 28.6. The second kappa shape index (κ2) is 11.2. The molecule has 3 aliphatic rings. The fourth-order valence-corrected chi connectivity index (χ4v) is 6.73. The minimum atomic E-state index is -0.611. The summed E-state index contributed by atoms with van der Waals surface area (Å²) in [6, 6.07) is 11.6. The number of ether oxygens (including phenoxy) is 3. The maximum absolute atomic E-state index is 13.1. The number of aryl methyl sites for hydroxylation is 1. The van der Waals surface area contributed by atoms with Crippen molar-refractivity contribution < 1.29 is 23.8 Å². The number of anilines is 1. The summed E-state index contributed by atoms with van der Waals surface area (Å²) in [5.74, 6) is 0.136. The van der Waals surface area contributed by atoms with Gasteiger partial charge < -0.3 is 19.1 Å². The predicted octanol–water partition coefficient (Wildman–Crippen LogP) is 7.06. The van der Waals surface area contributed by atoms with Crippen LogP contribution in [0.25, 0.3) is 5.57 Å². The molecule has 2 saturated heterocycles. The first-order valence-electron chi connectivity index (χ1n) is 13.8. The first-order valence-corrected chi connectivity index (χ1v) is 14.5. The maximum Gasteiger partial charge on any atom is 0.411 e. The normalized spacial score (nSPS) is 22.5. The van der Waals surface area contributed by atoms with Crippen LogP contribution in [0.3, 0.4) is 0 Å². The Morgan fingerprint density at radius 2 is 1.68 bits per heavy atom. The zero-order valence-electron chi connectivity index (χ0n) is 23.6. The predicted molar refractivity (Wildman–Crippen MR) is 157 cm³/mol. The third kappa shape index (κ3) is 5.77. The van der Waals surface area contributed by atoms with Crippen molar-refractivity contribution in [3.05, 3.63) is 63.1 Å². The van der Waals surface area contributed by atoms with Crippen LogP contribution in [0.1, 0.15) is 57.6 Å². The van der Waals surface area contributed by atoms with Crippen LogP contribution in [0.4, 0.5) is 10.5 Å². The van der Waals surface area contributed by atoms with Crippen LogP contribution >= 0.6 is 23.2 Å². The van der Waals surface area contributed by atoms with E-state index in [0.717, 1.165) is 41.8 Å². The highest BCUT2D eigenvalue weighted by atomic mass is 35.5. The molecular formula is C31H36Cl2N2O5. The van der Waals surface area contributed by atoms with Gasteiger partial charge in [-0.2, -0.15) is 0 Å². The number of hydrogen-bond acceptors (Lipinski definition) is 6. The monoisotopic (exact) mass is 586 g/mol. The van der Waals surface area contributed by atoms with E-state index in [1.54, 1.807) is 4.90 Å². The molecule has 2 fully saturated rings. The Bertz CT molecular complexity index is 1310. The molecule has 1 amide bonds. The van der Waals surface area contributed by atoms with Crippen molar-refractivity contribution in [2.24, 2.45) is 0 Å². The van der Waals surface area contributed by atoms with Gasteiger partial charge in [0.15, 0.2) is 5.75 Å². The molecule has 214 valence electrons. The summed E-state index contributed by atoms with van der Waals surface area (Å²) in [6.45, 7) is 9.05. The van der Waals surface area contributed by atoms with E-state index in [1.165, 1.54) is 7.11 Å². The van der Waals surface area contributed by atoms with Crippen molar-refractivity contribution in [3.8, 4) is 5.75 Å². The summed E-state index contributed by atoms with van der Waals surface area (Å²) in [6.07, 6.45) is 2.55. The molecule has 0 unspecified atom stereocenters. The number of carbonyl (C=O) groups excluding carboxylic acids is 2. The lowest BCUT2D eigenvalue weighted by Gasteiger charge is -2.38. The molecule has 3 heterocycles. The van der Waals surface area contributed by atoms with Gasteiger partial charge in [-0.1, -0.05) is 35.3 Å². The molecule has 0 aliphatic carbocycles. The van der Waals surface area contributed by atoms with E-state index in [2.05, 4.69) is 29.2 Å². The molecule has 2 bridgehead atoms. The molecule has 0 spiro atoms. The Labute approximate surface area is 246 Å². The smallest absolute Gasteiger partial charge is 0.411 e. The lowest BCUT2D eigenvalue weighted by Crippen LogP contribution is -2.48. The molecule has 0 radical (unpaired) electrons. The average molecular weight is 588 g/mol. The van der Waals surface area contributed by atoms with E-state index < -0.39 is 11.6 Å². The second-order valence-electron chi connectivity index (χ2n) is 11.8. The average Bonchev–Trinajstić information content (AvgIpc) is 3.48. The van der Waals surface area contributed by atoms with Gasteiger partial charge in [-0.15, -0.1) is 0 Å². The molecule has 5 rings (SSSR count). The molecule has 40 heavy (non-hydrogen) atoms. The highest BCUT2D eigenvalue weighted by Gasteiger charge is 2.48. The summed E-state index contributed by atoms with van der Waals surface area (Å²) >= 11 is 12.8. The van der Waals surface area contributed by atoms with Gasteiger partial charge in [0.05, 0.1) is 35.3 Å². The van der Waals surface area contributed by atoms with Gasteiger partial charge in [0, 0.05) is 24.7 Å². The fraction of sp³-hybridized carbons (Fsp3) is 0.484. The third-order valence-corrected chi connectivity index (χ3v) is 8.32. The van der Waals surface area contributed by atoms with Crippen molar-refractivity contribution in [2.45, 2.75) is 77.2 Å². The van der Waals surface area contributed by atoms with Gasteiger partial charge >= 0.3 is 12.1 Å². The number of fused-ring (bicyclic) bond motifs is 2. The highest BCUT2D eigenvalue weighted by molar-refractivity contribution is 6.37. The van der Waals surface area contributed by atoms with E-state index in [4.69, 9.17) is 37.4 Å². The number of amides is 1. The second-order valence-corrected chi connectivity index (χ2v) is 12.6. The zero-order chi connectivity index (χ0) is 28.8. The Morgan fingerprint density at radius 1 is 1.00 bits per heavy atom. The Balaban J connectivity index is 1.34. The summed E-state index contributed by atoms with van der Waals surface area (Å²) in [5, 5.41) is 1.04. The number of benzene rings is 2. The summed E-state index contributed by atoms with van der Waals surface area (Å²) in [4.78, 5) is 30.1. The van der Waals surface area contributed by atoms with Gasteiger partial charge in [0.25, 0.3) is 0 Å². The van der Waals surface area contributed by atoms with Gasteiger partial charge in [-0.3, -0.25) is 4.90 Å². The number of nitrogens with zero attached hydrogens (tertiary/aromatic N) is 2. The van der Waals surface area contributed by atoms with E-state index in [1.807, 2.05) is 39.8 Å². The Morgan fingerprint density at radius 3 is 2.30 bits per heavy atom. The fourth-order valence-electron chi connectivity index (χ4n) is 6.05. The van der Waals surface area contributed by atoms with Gasteiger partial charge in [0.1, 0.15) is 11.7 Å². The number of methoxy groups -OCH3 is 1. The number of carbonyl (C=O) groups is 2. The number of hydrogen-bond donors (Lipinski definition) is 0. The Kier molecular flexibility index (Phi) is 7.99. The van der Waals surface area contributed by atoms with Crippen LogP contribution < -0.4 is 9.64 Å². The first-order chi connectivity index (χ1) is 18.9. The van der Waals surface area contributed by atoms with Crippen LogP contribution in [0.5, 0.6) is 5.75 Å². The number of rotatable bonds is 5. The van der Waals surface area contributed by atoms with Gasteiger partial charge in [-0.05, 0) is 87.9 Å². The summed E-state index contributed by atoms with van der Waals surface area (Å²) < 4.78 is 17.1. The summed E-state index contributed by atoms with van der Waals surface area (Å²) in [7, 11) is 1.39. The van der Waals surface area contributed by atoms with Crippen LogP contribution in [0.2, 0.25) is 10.0 Å². The number of halogens is 2. The van der Waals surface area contributed by atoms with Crippen molar-refractivity contribution in [3.63, 3.8) is 0 Å². The van der Waals surface area contributed by atoms with Gasteiger partial charge in [-0.25, -0.2) is 9.59 Å². The molecule has 0 N–H and O–H groups in total. The minimum absolute atomic E-state index is 0.0140. The molecule has 3 aliphatic heterocycles. The van der Waals surface area contributed by atoms with Crippen LogP contribution in [0, 0.1) is 6.92 Å². The van der Waals surface area contributed by atoms with Crippen LogP contribution in [-0.4, -0.2) is 61.0 Å². The van der Waals surface area contributed by atoms with E-state index in [-0.39, 0.29) is 24.3 Å². The van der Waals surface area contributed by atoms with E-state index in [0.29, 0.717) is 40.8 Å². The largest absolute Gasteiger partial charge is 0.485 e. The highest BCUT2D eigenvalue weighted by Crippen LogP contribution is 2.44.